The number of carbonyl (C=O) groups excluding carboxylic acids is 2. The Bertz CT molecular complexity index is 843. The lowest BCUT2D eigenvalue weighted by atomic mass is 9.81. The van der Waals surface area contributed by atoms with Gasteiger partial charge in [0.25, 0.3) is 5.91 Å². The van der Waals surface area contributed by atoms with Crippen molar-refractivity contribution in [3.63, 3.8) is 0 Å². The highest BCUT2D eigenvalue weighted by Gasteiger charge is 2.59. The highest BCUT2D eigenvalue weighted by Crippen LogP contribution is 2.42. The second-order valence-corrected chi connectivity index (χ2v) is 6.91. The quantitative estimate of drug-likeness (QED) is 0.851. The van der Waals surface area contributed by atoms with E-state index in [9.17, 15) is 9.59 Å². The highest BCUT2D eigenvalue weighted by atomic mass is 16.2. The second-order valence-electron chi connectivity index (χ2n) is 6.91. The normalized spacial score (nSPS) is 27.6. The number of carbonyl (C=O) groups is 2. The van der Waals surface area contributed by atoms with Gasteiger partial charge in [-0.2, -0.15) is 0 Å². The number of aryl methyl sites for hydroxylation is 1. The van der Waals surface area contributed by atoms with E-state index in [2.05, 4.69) is 33.1 Å². The molecule has 6 nitrogen and oxygen atoms in total. The fourth-order valence-electron chi connectivity index (χ4n) is 4.36. The third-order valence-electron chi connectivity index (χ3n) is 5.43. The summed E-state index contributed by atoms with van der Waals surface area (Å²) in [5, 5.41) is 4.17. The predicted molar refractivity (Wildman–Crippen MR) is 91.8 cm³/mol. The Morgan fingerprint density at radius 3 is 2.71 bits per heavy atom. The Hall–Kier alpha value is -2.34. The molecular weight excluding hydrogens is 304 g/mol. The number of rotatable bonds is 2. The Morgan fingerprint density at radius 2 is 2.00 bits per heavy atom. The third-order valence-corrected chi connectivity index (χ3v) is 5.43. The molecule has 126 valence electrons. The lowest BCUT2D eigenvalue weighted by Crippen LogP contribution is -2.52. The maximum atomic E-state index is 13.1. The fourth-order valence-corrected chi connectivity index (χ4v) is 4.36. The van der Waals surface area contributed by atoms with E-state index in [0.717, 1.165) is 23.0 Å². The number of benzene rings is 1. The minimum atomic E-state index is -0.855. The zero-order chi connectivity index (χ0) is 17.1. The number of amides is 3. The van der Waals surface area contributed by atoms with Crippen LogP contribution >= 0.6 is 0 Å². The Morgan fingerprint density at radius 1 is 1.25 bits per heavy atom. The summed E-state index contributed by atoms with van der Waals surface area (Å²) in [4.78, 5) is 28.8. The van der Waals surface area contributed by atoms with Crippen LogP contribution in [0, 0.1) is 0 Å². The maximum absolute atomic E-state index is 13.1. The first-order chi connectivity index (χ1) is 11.5. The van der Waals surface area contributed by atoms with Gasteiger partial charge in [0.05, 0.1) is 0 Å². The van der Waals surface area contributed by atoms with Crippen LogP contribution in [-0.4, -0.2) is 58.5 Å². The van der Waals surface area contributed by atoms with Crippen molar-refractivity contribution in [1.82, 2.24) is 19.7 Å². The summed E-state index contributed by atoms with van der Waals surface area (Å²) in [5.41, 5.74) is 1.41. The van der Waals surface area contributed by atoms with E-state index < -0.39 is 5.54 Å². The molecule has 1 aromatic carbocycles. The number of nitrogens with zero attached hydrogens (tertiary/aromatic N) is 3. The number of hydrogen-bond acceptors (Lipinski definition) is 3. The number of para-hydroxylation sites is 1. The number of aromatic nitrogens is 1. The van der Waals surface area contributed by atoms with E-state index in [1.807, 2.05) is 33.2 Å². The molecule has 1 aromatic heterocycles. The van der Waals surface area contributed by atoms with Crippen LogP contribution in [0.3, 0.4) is 0 Å². The lowest BCUT2D eigenvalue weighted by molar-refractivity contribution is -0.131. The molecule has 0 bridgehead atoms. The van der Waals surface area contributed by atoms with Gasteiger partial charge in [-0.15, -0.1) is 0 Å². The average molecular weight is 326 g/mol. The van der Waals surface area contributed by atoms with Crippen molar-refractivity contribution in [3.05, 3.63) is 36.0 Å². The molecule has 24 heavy (non-hydrogen) atoms. The molecule has 3 heterocycles. The Labute approximate surface area is 141 Å². The highest BCUT2D eigenvalue weighted by molar-refractivity contribution is 6.08. The monoisotopic (exact) mass is 326 g/mol. The molecule has 2 aromatic rings. The summed E-state index contributed by atoms with van der Waals surface area (Å²) < 4.78 is 2.09. The first-order valence-corrected chi connectivity index (χ1v) is 8.34. The first-order valence-electron chi connectivity index (χ1n) is 8.34. The molecule has 0 unspecified atom stereocenters. The van der Waals surface area contributed by atoms with Gasteiger partial charge >= 0.3 is 6.03 Å². The van der Waals surface area contributed by atoms with Crippen LogP contribution < -0.4 is 5.32 Å². The third kappa shape index (κ3) is 1.86. The van der Waals surface area contributed by atoms with Gasteiger partial charge < -0.3 is 14.8 Å². The Kier molecular flexibility index (Phi) is 3.22. The summed E-state index contributed by atoms with van der Waals surface area (Å²) in [6, 6.07) is 7.93. The molecule has 2 aliphatic rings. The van der Waals surface area contributed by atoms with Gasteiger partial charge in [0.1, 0.15) is 5.54 Å². The van der Waals surface area contributed by atoms with Gasteiger partial charge in [-0.1, -0.05) is 18.2 Å². The molecule has 1 N–H and O–H groups in total. The standard InChI is InChI=1S/C18H22N4O2/c1-4-22-16(23)18(19-17(22)24)11-20(2)10-14(18)13-9-21(3)15-8-6-5-7-12(13)15/h5-9,14H,4,10-11H2,1-3H3,(H,19,24)/t14-,18+/m1/s1. The molecule has 3 amide bonds. The van der Waals surface area contributed by atoms with E-state index in [1.54, 1.807) is 0 Å². The average Bonchev–Trinajstić information content (AvgIpc) is 3.14. The number of urea groups is 1. The number of imide groups is 1. The second kappa shape index (κ2) is 5.08. The van der Waals surface area contributed by atoms with Crippen LogP contribution in [0.15, 0.2) is 30.5 Å². The topological polar surface area (TPSA) is 57.6 Å². The number of hydrogen-bond donors (Lipinski definition) is 1. The predicted octanol–water partition coefficient (Wildman–Crippen LogP) is 1.52. The SMILES string of the molecule is CCN1C(=O)N[C@]2(CN(C)C[C@@H]2c2cn(C)c3ccccc23)C1=O. The van der Waals surface area contributed by atoms with Crippen molar-refractivity contribution in [2.24, 2.45) is 7.05 Å². The minimum absolute atomic E-state index is 0.0541. The summed E-state index contributed by atoms with van der Waals surface area (Å²) in [5.74, 6) is -0.154. The summed E-state index contributed by atoms with van der Waals surface area (Å²) >= 11 is 0. The van der Waals surface area contributed by atoms with Crippen molar-refractivity contribution in [2.45, 2.75) is 18.4 Å². The maximum Gasteiger partial charge on any atom is 0.325 e. The summed E-state index contributed by atoms with van der Waals surface area (Å²) in [6.45, 7) is 3.53. The number of likely N-dealkylation sites (tertiary alicyclic amines) is 1. The van der Waals surface area contributed by atoms with Gasteiger partial charge in [-0.05, 0) is 25.6 Å². The van der Waals surface area contributed by atoms with E-state index >= 15 is 0 Å². The van der Waals surface area contributed by atoms with Crippen molar-refractivity contribution >= 4 is 22.8 Å². The van der Waals surface area contributed by atoms with Crippen LogP contribution in [0.2, 0.25) is 0 Å². The smallest absolute Gasteiger partial charge is 0.325 e. The largest absolute Gasteiger partial charge is 0.350 e. The van der Waals surface area contributed by atoms with E-state index in [1.165, 1.54) is 4.90 Å². The molecular formula is C18H22N4O2. The van der Waals surface area contributed by atoms with Crippen molar-refractivity contribution < 1.29 is 9.59 Å². The van der Waals surface area contributed by atoms with Crippen LogP contribution in [0.4, 0.5) is 4.79 Å². The number of likely N-dealkylation sites (N-methyl/N-ethyl adjacent to an activating group) is 2. The number of nitrogens with one attached hydrogen (secondary N) is 1. The first kappa shape index (κ1) is 15.2. The van der Waals surface area contributed by atoms with E-state index in [0.29, 0.717) is 13.1 Å². The zero-order valence-corrected chi connectivity index (χ0v) is 14.2. The summed E-state index contributed by atoms with van der Waals surface area (Å²) in [6.07, 6.45) is 2.10. The van der Waals surface area contributed by atoms with Crippen molar-refractivity contribution in [1.29, 1.82) is 0 Å². The Balaban J connectivity index is 1.87. The number of fused-ring (bicyclic) bond motifs is 1. The van der Waals surface area contributed by atoms with Crippen LogP contribution in [0.5, 0.6) is 0 Å². The van der Waals surface area contributed by atoms with E-state index in [4.69, 9.17) is 0 Å². The zero-order valence-electron chi connectivity index (χ0n) is 14.2. The molecule has 2 aliphatic heterocycles. The molecule has 0 saturated carbocycles. The molecule has 1 spiro atoms. The van der Waals surface area contributed by atoms with Crippen LogP contribution in [-0.2, 0) is 11.8 Å². The molecule has 4 rings (SSSR count). The fraction of sp³-hybridized carbons (Fsp3) is 0.444. The minimum Gasteiger partial charge on any atom is -0.350 e. The molecule has 6 heteroatoms. The van der Waals surface area contributed by atoms with Crippen LogP contribution in [0.25, 0.3) is 10.9 Å². The summed E-state index contributed by atoms with van der Waals surface area (Å²) in [7, 11) is 4.02. The van der Waals surface area contributed by atoms with Crippen molar-refractivity contribution in [2.75, 3.05) is 26.7 Å². The van der Waals surface area contributed by atoms with Gasteiger partial charge in [0, 0.05) is 49.7 Å². The van der Waals surface area contributed by atoms with Crippen molar-refractivity contribution in [3.8, 4) is 0 Å². The van der Waals surface area contributed by atoms with E-state index in [-0.39, 0.29) is 17.9 Å². The van der Waals surface area contributed by atoms with Gasteiger partial charge in [0.2, 0.25) is 0 Å². The molecule has 2 atom stereocenters. The lowest BCUT2D eigenvalue weighted by Gasteiger charge is -2.27. The molecule has 2 fully saturated rings. The van der Waals surface area contributed by atoms with Gasteiger partial charge in [-0.3, -0.25) is 9.69 Å². The van der Waals surface area contributed by atoms with Crippen LogP contribution in [0.1, 0.15) is 18.4 Å². The van der Waals surface area contributed by atoms with Gasteiger partial charge in [-0.25, -0.2) is 4.79 Å². The molecule has 0 radical (unpaired) electrons. The molecule has 0 aliphatic carbocycles. The van der Waals surface area contributed by atoms with Gasteiger partial charge in [0.15, 0.2) is 0 Å². The molecule has 2 saturated heterocycles.